The number of fused-ring (bicyclic) bond motifs is 1. The molecule has 0 spiro atoms. The second-order valence-corrected chi connectivity index (χ2v) is 6.85. The van der Waals surface area contributed by atoms with Gasteiger partial charge in [0.15, 0.2) is 5.65 Å². The number of amides is 1. The van der Waals surface area contributed by atoms with Crippen molar-refractivity contribution in [1.29, 1.82) is 0 Å². The summed E-state index contributed by atoms with van der Waals surface area (Å²) in [6.07, 6.45) is 4.09. The van der Waals surface area contributed by atoms with Gasteiger partial charge < -0.3 is 10.2 Å². The highest BCUT2D eigenvalue weighted by molar-refractivity contribution is 6.05. The van der Waals surface area contributed by atoms with Crippen LogP contribution in [0.25, 0.3) is 11.0 Å². The van der Waals surface area contributed by atoms with E-state index in [1.54, 1.807) is 6.20 Å². The van der Waals surface area contributed by atoms with Gasteiger partial charge in [-0.3, -0.25) is 4.79 Å². The summed E-state index contributed by atoms with van der Waals surface area (Å²) < 4.78 is 1.90. The van der Waals surface area contributed by atoms with Crippen molar-refractivity contribution in [1.82, 2.24) is 25.0 Å². The lowest BCUT2D eigenvalue weighted by molar-refractivity contribution is 0.0952. The lowest BCUT2D eigenvalue weighted by Crippen LogP contribution is -2.31. The maximum atomic E-state index is 12.6. The third kappa shape index (κ3) is 3.37. The number of carbonyl (C=O) groups excluding carboxylic acids is 1. The molecule has 1 saturated carbocycles. The number of hydrogen-bond donors (Lipinski definition) is 1. The predicted molar refractivity (Wildman–Crippen MR) is 90.8 cm³/mol. The van der Waals surface area contributed by atoms with E-state index in [0.717, 1.165) is 36.1 Å². The van der Waals surface area contributed by atoms with Crippen LogP contribution in [0.4, 0.5) is 0 Å². The van der Waals surface area contributed by atoms with Crippen LogP contribution < -0.4 is 5.32 Å². The average molecular weight is 315 g/mol. The molecule has 124 valence electrons. The van der Waals surface area contributed by atoms with Crippen LogP contribution in [0.1, 0.15) is 54.7 Å². The highest BCUT2D eigenvalue weighted by atomic mass is 16.1. The van der Waals surface area contributed by atoms with Crippen molar-refractivity contribution in [3.05, 3.63) is 23.5 Å². The molecule has 1 N–H and O–H groups in total. The molecule has 1 aliphatic rings. The number of rotatable bonds is 6. The number of hydrogen-bond acceptors (Lipinski definition) is 4. The van der Waals surface area contributed by atoms with Gasteiger partial charge in [-0.2, -0.15) is 5.10 Å². The van der Waals surface area contributed by atoms with Gasteiger partial charge in [-0.15, -0.1) is 0 Å². The molecular weight excluding hydrogens is 290 g/mol. The van der Waals surface area contributed by atoms with Gasteiger partial charge in [0.05, 0.1) is 17.1 Å². The van der Waals surface area contributed by atoms with E-state index in [4.69, 9.17) is 4.98 Å². The van der Waals surface area contributed by atoms with Gasteiger partial charge in [0.25, 0.3) is 5.91 Å². The Bertz CT molecular complexity index is 715. The Morgan fingerprint density at radius 3 is 2.78 bits per heavy atom. The number of pyridine rings is 1. The minimum absolute atomic E-state index is 0.0375. The first-order valence-corrected chi connectivity index (χ1v) is 8.28. The van der Waals surface area contributed by atoms with Crippen LogP contribution >= 0.6 is 0 Å². The highest BCUT2D eigenvalue weighted by Gasteiger charge is 2.28. The first-order chi connectivity index (χ1) is 11.0. The molecule has 0 saturated heterocycles. The first-order valence-electron chi connectivity index (χ1n) is 8.28. The van der Waals surface area contributed by atoms with Crippen LogP contribution in [-0.2, 0) is 0 Å². The van der Waals surface area contributed by atoms with Gasteiger partial charge in [0.1, 0.15) is 0 Å². The summed E-state index contributed by atoms with van der Waals surface area (Å²) in [6, 6.07) is 2.18. The van der Waals surface area contributed by atoms with Gasteiger partial charge >= 0.3 is 0 Å². The maximum Gasteiger partial charge on any atom is 0.252 e. The second kappa shape index (κ2) is 6.28. The molecule has 0 atom stereocenters. The Hall–Kier alpha value is -1.95. The molecule has 0 unspecified atom stereocenters. The Balaban J connectivity index is 1.96. The summed E-state index contributed by atoms with van der Waals surface area (Å²) in [6.45, 7) is 5.61. The zero-order chi connectivity index (χ0) is 16.6. The van der Waals surface area contributed by atoms with E-state index in [2.05, 4.69) is 29.2 Å². The SMILES string of the molecule is CC(C)n1ncc2c(C(=O)NCCN(C)C)cc(C3CC3)nc21. The molecule has 2 heterocycles. The molecule has 1 amide bonds. The van der Waals surface area contributed by atoms with Crippen LogP contribution in [-0.4, -0.2) is 52.8 Å². The molecule has 0 bridgehead atoms. The number of carbonyl (C=O) groups is 1. The van der Waals surface area contributed by atoms with Crippen LogP contribution in [0, 0.1) is 0 Å². The zero-order valence-electron chi connectivity index (χ0n) is 14.3. The Kier molecular flexibility index (Phi) is 4.35. The third-order valence-electron chi connectivity index (χ3n) is 4.16. The van der Waals surface area contributed by atoms with Gasteiger partial charge in [-0.25, -0.2) is 9.67 Å². The molecular formula is C17H25N5O. The van der Waals surface area contributed by atoms with E-state index in [9.17, 15) is 4.79 Å². The molecule has 6 nitrogen and oxygen atoms in total. The highest BCUT2D eigenvalue weighted by Crippen LogP contribution is 2.40. The lowest BCUT2D eigenvalue weighted by Gasteiger charge is -2.12. The molecule has 3 rings (SSSR count). The normalized spacial score (nSPS) is 14.9. The van der Waals surface area contributed by atoms with Crippen LogP contribution in [0.15, 0.2) is 12.3 Å². The number of nitrogens with one attached hydrogen (secondary N) is 1. The summed E-state index contributed by atoms with van der Waals surface area (Å²) in [4.78, 5) is 19.5. The second-order valence-electron chi connectivity index (χ2n) is 6.85. The Morgan fingerprint density at radius 2 is 2.17 bits per heavy atom. The first kappa shape index (κ1) is 15.9. The minimum atomic E-state index is -0.0375. The van der Waals surface area contributed by atoms with Gasteiger partial charge in [0, 0.05) is 30.7 Å². The smallest absolute Gasteiger partial charge is 0.252 e. The van der Waals surface area contributed by atoms with Gasteiger partial charge in [-0.05, 0) is 46.9 Å². The lowest BCUT2D eigenvalue weighted by atomic mass is 10.1. The maximum absolute atomic E-state index is 12.6. The minimum Gasteiger partial charge on any atom is -0.351 e. The topological polar surface area (TPSA) is 63.1 Å². The molecule has 2 aromatic heterocycles. The third-order valence-corrected chi connectivity index (χ3v) is 4.16. The fourth-order valence-electron chi connectivity index (χ4n) is 2.68. The van der Waals surface area contributed by atoms with Crippen LogP contribution in [0.3, 0.4) is 0 Å². The fourth-order valence-corrected chi connectivity index (χ4v) is 2.68. The molecule has 1 aliphatic carbocycles. The van der Waals surface area contributed by atoms with E-state index < -0.39 is 0 Å². The zero-order valence-corrected chi connectivity index (χ0v) is 14.3. The molecule has 6 heteroatoms. The van der Waals surface area contributed by atoms with E-state index in [1.807, 2.05) is 24.8 Å². The number of aromatic nitrogens is 3. The van der Waals surface area contributed by atoms with Gasteiger partial charge in [0.2, 0.25) is 0 Å². The quantitative estimate of drug-likeness (QED) is 0.887. The van der Waals surface area contributed by atoms with E-state index >= 15 is 0 Å². The van der Waals surface area contributed by atoms with E-state index in [-0.39, 0.29) is 11.9 Å². The van der Waals surface area contributed by atoms with Crippen molar-refractivity contribution in [2.45, 2.75) is 38.6 Å². The molecule has 1 fully saturated rings. The molecule has 0 aromatic carbocycles. The standard InChI is InChI=1S/C17H25N5O/c1-11(2)22-16-14(10-19-22)13(9-15(20-16)12-5-6-12)17(23)18-7-8-21(3)4/h9-12H,5-8H2,1-4H3,(H,18,23). The van der Waals surface area contributed by atoms with Crippen molar-refractivity contribution in [3.63, 3.8) is 0 Å². The summed E-state index contributed by atoms with van der Waals surface area (Å²) in [5, 5.41) is 8.27. The summed E-state index contributed by atoms with van der Waals surface area (Å²) in [5.41, 5.74) is 2.54. The van der Waals surface area contributed by atoms with Crippen LogP contribution in [0.2, 0.25) is 0 Å². The largest absolute Gasteiger partial charge is 0.351 e. The monoisotopic (exact) mass is 315 g/mol. The number of nitrogens with zero attached hydrogens (tertiary/aromatic N) is 4. The van der Waals surface area contributed by atoms with E-state index in [1.165, 1.54) is 0 Å². The van der Waals surface area contributed by atoms with Crippen molar-refractivity contribution < 1.29 is 4.79 Å². The van der Waals surface area contributed by atoms with Gasteiger partial charge in [-0.1, -0.05) is 0 Å². The molecule has 0 aliphatic heterocycles. The summed E-state index contributed by atoms with van der Waals surface area (Å²) in [5.74, 6) is 0.465. The Labute approximate surface area is 136 Å². The van der Waals surface area contributed by atoms with Crippen molar-refractivity contribution in [2.75, 3.05) is 27.2 Å². The molecule has 23 heavy (non-hydrogen) atoms. The molecule has 0 radical (unpaired) electrons. The summed E-state index contributed by atoms with van der Waals surface area (Å²) in [7, 11) is 3.99. The summed E-state index contributed by atoms with van der Waals surface area (Å²) >= 11 is 0. The number of likely N-dealkylation sites (N-methyl/N-ethyl adjacent to an activating group) is 1. The van der Waals surface area contributed by atoms with Crippen molar-refractivity contribution >= 4 is 16.9 Å². The van der Waals surface area contributed by atoms with Crippen molar-refractivity contribution in [2.24, 2.45) is 0 Å². The van der Waals surface area contributed by atoms with Crippen molar-refractivity contribution in [3.8, 4) is 0 Å². The predicted octanol–water partition coefficient (Wildman–Crippen LogP) is 2.18. The average Bonchev–Trinajstić information content (AvgIpc) is 3.24. The fraction of sp³-hybridized carbons (Fsp3) is 0.588. The molecule has 2 aromatic rings. The van der Waals surface area contributed by atoms with E-state index in [0.29, 0.717) is 18.0 Å². The Morgan fingerprint density at radius 1 is 1.43 bits per heavy atom. The van der Waals surface area contributed by atoms with Crippen LogP contribution in [0.5, 0.6) is 0 Å².